The van der Waals surface area contributed by atoms with Gasteiger partial charge in [-0.1, -0.05) is 12.1 Å². The van der Waals surface area contributed by atoms with Crippen LogP contribution in [0.25, 0.3) is 0 Å². The predicted molar refractivity (Wildman–Crippen MR) is 73.4 cm³/mol. The first-order chi connectivity index (χ1) is 9.06. The minimum atomic E-state index is -0.227. The van der Waals surface area contributed by atoms with Gasteiger partial charge in [0.25, 0.3) is 5.91 Å². The van der Waals surface area contributed by atoms with Gasteiger partial charge in [0, 0.05) is 19.3 Å². The zero-order valence-electron chi connectivity index (χ0n) is 11.3. The Kier molecular flexibility index (Phi) is 3.85. The summed E-state index contributed by atoms with van der Waals surface area (Å²) in [5.41, 5.74) is 0.502. The lowest BCUT2D eigenvalue weighted by atomic mass is 10.2. The summed E-state index contributed by atoms with van der Waals surface area (Å²) in [7, 11) is 1.80. The van der Waals surface area contributed by atoms with Crippen molar-refractivity contribution in [2.75, 3.05) is 5.32 Å². The van der Waals surface area contributed by atoms with E-state index in [4.69, 9.17) is 4.74 Å². The van der Waals surface area contributed by atoms with Gasteiger partial charge >= 0.3 is 0 Å². The Bertz CT molecular complexity index is 576. The van der Waals surface area contributed by atoms with Crippen LogP contribution in [0.15, 0.2) is 36.5 Å². The molecule has 0 spiro atoms. The molecule has 0 saturated carbocycles. The first-order valence-electron chi connectivity index (χ1n) is 6.13. The van der Waals surface area contributed by atoms with Crippen LogP contribution in [0.4, 0.5) is 5.82 Å². The Hall–Kier alpha value is -2.30. The van der Waals surface area contributed by atoms with Gasteiger partial charge in [0.05, 0.1) is 11.7 Å². The summed E-state index contributed by atoms with van der Waals surface area (Å²) in [6.07, 6.45) is 1.79. The van der Waals surface area contributed by atoms with Crippen LogP contribution >= 0.6 is 0 Å². The van der Waals surface area contributed by atoms with Crippen molar-refractivity contribution in [3.05, 3.63) is 42.1 Å². The van der Waals surface area contributed by atoms with Crippen molar-refractivity contribution in [1.82, 2.24) is 9.78 Å². The van der Waals surface area contributed by atoms with Crippen LogP contribution in [0.1, 0.15) is 24.2 Å². The first-order valence-corrected chi connectivity index (χ1v) is 6.13. The molecule has 2 rings (SSSR count). The average Bonchev–Trinajstić information content (AvgIpc) is 2.74. The molecule has 0 aliphatic rings. The number of hydrogen-bond acceptors (Lipinski definition) is 3. The molecule has 0 aliphatic carbocycles. The summed E-state index contributed by atoms with van der Waals surface area (Å²) in [6, 6.07) is 8.91. The fraction of sp³-hybridized carbons (Fsp3) is 0.286. The molecule has 1 aromatic carbocycles. The minimum absolute atomic E-state index is 0.0174. The van der Waals surface area contributed by atoms with Gasteiger partial charge in [-0.05, 0) is 26.0 Å². The van der Waals surface area contributed by atoms with Gasteiger partial charge < -0.3 is 10.1 Å². The fourth-order valence-electron chi connectivity index (χ4n) is 1.68. The van der Waals surface area contributed by atoms with Gasteiger partial charge in [-0.25, -0.2) is 0 Å². The monoisotopic (exact) mass is 259 g/mol. The normalized spacial score (nSPS) is 10.5. The molecular weight excluding hydrogens is 242 g/mol. The van der Waals surface area contributed by atoms with E-state index in [0.29, 0.717) is 17.1 Å². The van der Waals surface area contributed by atoms with E-state index in [1.165, 1.54) is 0 Å². The van der Waals surface area contributed by atoms with Crippen molar-refractivity contribution in [3.63, 3.8) is 0 Å². The summed E-state index contributed by atoms with van der Waals surface area (Å²) in [6.45, 7) is 3.85. The van der Waals surface area contributed by atoms with Gasteiger partial charge in [0.1, 0.15) is 5.75 Å². The van der Waals surface area contributed by atoms with Crippen LogP contribution < -0.4 is 10.1 Å². The van der Waals surface area contributed by atoms with Crippen molar-refractivity contribution < 1.29 is 9.53 Å². The molecule has 1 amide bonds. The van der Waals surface area contributed by atoms with Crippen LogP contribution in [0.3, 0.4) is 0 Å². The Morgan fingerprint density at radius 3 is 2.68 bits per heavy atom. The van der Waals surface area contributed by atoms with Crippen LogP contribution in [0.2, 0.25) is 0 Å². The highest BCUT2D eigenvalue weighted by molar-refractivity contribution is 6.05. The molecule has 5 heteroatoms. The van der Waals surface area contributed by atoms with Gasteiger partial charge in [-0.3, -0.25) is 9.48 Å². The Morgan fingerprint density at radius 2 is 2.05 bits per heavy atom. The highest BCUT2D eigenvalue weighted by atomic mass is 16.5. The number of aromatic nitrogens is 2. The van der Waals surface area contributed by atoms with Gasteiger partial charge in [-0.15, -0.1) is 0 Å². The van der Waals surface area contributed by atoms with Crippen LogP contribution in [-0.4, -0.2) is 21.8 Å². The zero-order valence-corrected chi connectivity index (χ0v) is 11.3. The van der Waals surface area contributed by atoms with E-state index >= 15 is 0 Å². The molecule has 0 radical (unpaired) electrons. The first kappa shape index (κ1) is 13.1. The number of aryl methyl sites for hydroxylation is 1. The third-order valence-electron chi connectivity index (χ3n) is 2.45. The smallest absolute Gasteiger partial charge is 0.260 e. The number of para-hydroxylation sites is 1. The lowest BCUT2D eigenvalue weighted by Crippen LogP contribution is -2.16. The van der Waals surface area contributed by atoms with Crippen molar-refractivity contribution >= 4 is 11.7 Å². The summed E-state index contributed by atoms with van der Waals surface area (Å²) >= 11 is 0. The van der Waals surface area contributed by atoms with Crippen molar-refractivity contribution in [3.8, 4) is 5.75 Å². The number of benzene rings is 1. The molecule has 0 fully saturated rings. The molecule has 0 bridgehead atoms. The average molecular weight is 259 g/mol. The van der Waals surface area contributed by atoms with E-state index in [1.54, 1.807) is 42.2 Å². The summed E-state index contributed by atoms with van der Waals surface area (Å²) < 4.78 is 7.25. The number of rotatable bonds is 4. The number of hydrogen-bond donors (Lipinski definition) is 1. The molecule has 1 aromatic heterocycles. The topological polar surface area (TPSA) is 56.1 Å². The van der Waals surface area contributed by atoms with Gasteiger partial charge in [-0.2, -0.15) is 5.10 Å². The van der Waals surface area contributed by atoms with Crippen molar-refractivity contribution in [1.29, 1.82) is 0 Å². The van der Waals surface area contributed by atoms with E-state index in [-0.39, 0.29) is 12.0 Å². The highest BCUT2D eigenvalue weighted by Gasteiger charge is 2.14. The van der Waals surface area contributed by atoms with Crippen LogP contribution in [0.5, 0.6) is 5.75 Å². The third kappa shape index (κ3) is 3.34. The van der Waals surface area contributed by atoms with Crippen LogP contribution in [-0.2, 0) is 7.05 Å². The number of carbonyl (C=O) groups is 1. The van der Waals surface area contributed by atoms with Crippen molar-refractivity contribution in [2.45, 2.75) is 20.0 Å². The number of carbonyl (C=O) groups excluding carboxylic acids is 1. The standard InChI is InChI=1S/C14H17N3O2/c1-10(2)19-12-7-5-4-6-11(12)14(18)15-13-8-9-17(3)16-13/h4-10H,1-3H3,(H,15,16,18). The van der Waals surface area contributed by atoms with Crippen molar-refractivity contribution in [2.24, 2.45) is 7.05 Å². The summed E-state index contributed by atoms with van der Waals surface area (Å²) in [5, 5.41) is 6.85. The Morgan fingerprint density at radius 1 is 1.32 bits per heavy atom. The molecule has 5 nitrogen and oxygen atoms in total. The highest BCUT2D eigenvalue weighted by Crippen LogP contribution is 2.20. The van der Waals surface area contributed by atoms with E-state index in [2.05, 4.69) is 10.4 Å². The van der Waals surface area contributed by atoms with Crippen LogP contribution in [0, 0.1) is 0 Å². The van der Waals surface area contributed by atoms with E-state index in [1.807, 2.05) is 19.9 Å². The number of ether oxygens (including phenoxy) is 1. The Balaban J connectivity index is 2.18. The maximum Gasteiger partial charge on any atom is 0.260 e. The molecular formula is C14H17N3O2. The largest absolute Gasteiger partial charge is 0.490 e. The second kappa shape index (κ2) is 5.56. The molecule has 1 heterocycles. The molecule has 100 valence electrons. The van der Waals surface area contributed by atoms with E-state index in [9.17, 15) is 4.79 Å². The SMILES string of the molecule is CC(C)Oc1ccccc1C(=O)Nc1ccn(C)n1. The molecule has 19 heavy (non-hydrogen) atoms. The molecule has 0 unspecified atom stereocenters. The second-order valence-electron chi connectivity index (χ2n) is 4.49. The number of anilines is 1. The van der Waals surface area contributed by atoms with E-state index in [0.717, 1.165) is 0 Å². The third-order valence-corrected chi connectivity index (χ3v) is 2.45. The fourth-order valence-corrected chi connectivity index (χ4v) is 1.68. The lowest BCUT2D eigenvalue weighted by molar-refractivity contribution is 0.102. The minimum Gasteiger partial charge on any atom is -0.490 e. The Labute approximate surface area is 112 Å². The lowest BCUT2D eigenvalue weighted by Gasteiger charge is -2.13. The predicted octanol–water partition coefficient (Wildman–Crippen LogP) is 2.46. The second-order valence-corrected chi connectivity index (χ2v) is 4.49. The number of amides is 1. The maximum absolute atomic E-state index is 12.2. The van der Waals surface area contributed by atoms with Gasteiger partial charge in [0.15, 0.2) is 5.82 Å². The quantitative estimate of drug-likeness (QED) is 0.917. The molecule has 0 aliphatic heterocycles. The molecule has 0 atom stereocenters. The number of nitrogens with zero attached hydrogens (tertiary/aromatic N) is 2. The maximum atomic E-state index is 12.2. The summed E-state index contributed by atoms with van der Waals surface area (Å²) in [5.74, 6) is 0.868. The molecule has 1 N–H and O–H groups in total. The van der Waals surface area contributed by atoms with Gasteiger partial charge in [0.2, 0.25) is 0 Å². The molecule has 2 aromatic rings. The van der Waals surface area contributed by atoms with E-state index < -0.39 is 0 Å². The zero-order chi connectivity index (χ0) is 13.8. The number of nitrogens with one attached hydrogen (secondary N) is 1. The summed E-state index contributed by atoms with van der Waals surface area (Å²) in [4.78, 5) is 12.2. The molecule has 0 saturated heterocycles.